The molecule has 120 valence electrons. The molecule has 1 unspecified atom stereocenters. The van der Waals surface area contributed by atoms with E-state index >= 15 is 0 Å². The summed E-state index contributed by atoms with van der Waals surface area (Å²) in [6.45, 7) is 1.98. The number of alkyl halides is 3. The normalized spacial score (nSPS) is 13.4. The number of aromatic nitrogens is 2. The minimum absolute atomic E-state index is 0.0429. The fourth-order valence-corrected chi connectivity index (χ4v) is 3.06. The van der Waals surface area contributed by atoms with E-state index in [1.54, 1.807) is 12.1 Å². The van der Waals surface area contributed by atoms with Crippen molar-refractivity contribution in [3.8, 4) is 0 Å². The molecule has 1 aromatic heterocycles. The monoisotopic (exact) mass is 382 g/mol. The van der Waals surface area contributed by atoms with Crippen LogP contribution in [0.3, 0.4) is 0 Å². The van der Waals surface area contributed by atoms with E-state index in [-0.39, 0.29) is 11.5 Å². The minimum atomic E-state index is -4.21. The molecule has 23 heavy (non-hydrogen) atoms. The van der Waals surface area contributed by atoms with Gasteiger partial charge in [0.2, 0.25) is 0 Å². The second-order valence-electron chi connectivity index (χ2n) is 5.50. The summed E-state index contributed by atoms with van der Waals surface area (Å²) in [5.41, 5.74) is 2.96. The standard InChI is InChI=1S/C17H14BrF3N2/c1-10(16-22-14-4-2-3-5-15(14)23-16)11-6-7-12(13(18)8-11)9-17(19,20)21/h2-8,10H,9H2,1H3,(H,22,23). The lowest BCUT2D eigenvalue weighted by atomic mass is 9.98. The van der Waals surface area contributed by atoms with Crippen LogP contribution < -0.4 is 0 Å². The van der Waals surface area contributed by atoms with Crippen molar-refractivity contribution >= 4 is 27.0 Å². The Balaban J connectivity index is 1.90. The molecule has 0 fully saturated rings. The number of halogens is 4. The van der Waals surface area contributed by atoms with Gasteiger partial charge in [-0.05, 0) is 29.3 Å². The molecule has 0 aliphatic heterocycles. The molecule has 0 aliphatic rings. The Morgan fingerprint density at radius 1 is 1.17 bits per heavy atom. The summed E-state index contributed by atoms with van der Waals surface area (Å²) in [5.74, 6) is 0.750. The van der Waals surface area contributed by atoms with Crippen molar-refractivity contribution in [1.82, 2.24) is 9.97 Å². The van der Waals surface area contributed by atoms with Crippen LogP contribution in [-0.4, -0.2) is 16.1 Å². The summed E-state index contributed by atoms with van der Waals surface area (Å²) in [5, 5.41) is 0. The van der Waals surface area contributed by atoms with Crippen LogP contribution in [0.2, 0.25) is 0 Å². The Bertz CT molecular complexity index is 806. The van der Waals surface area contributed by atoms with Gasteiger partial charge in [-0.3, -0.25) is 0 Å². The van der Waals surface area contributed by atoms with Crippen molar-refractivity contribution in [3.05, 3.63) is 63.9 Å². The highest BCUT2D eigenvalue weighted by atomic mass is 79.9. The zero-order chi connectivity index (χ0) is 16.6. The van der Waals surface area contributed by atoms with Crippen LogP contribution in [-0.2, 0) is 6.42 Å². The predicted octanol–water partition coefficient (Wildman–Crippen LogP) is 5.58. The third-order valence-corrected chi connectivity index (χ3v) is 4.52. The van der Waals surface area contributed by atoms with Crippen LogP contribution in [0.15, 0.2) is 46.9 Å². The van der Waals surface area contributed by atoms with Gasteiger partial charge >= 0.3 is 6.18 Å². The van der Waals surface area contributed by atoms with Crippen LogP contribution in [0.25, 0.3) is 11.0 Å². The molecule has 0 bridgehead atoms. The molecule has 0 aliphatic carbocycles. The van der Waals surface area contributed by atoms with Crippen LogP contribution in [0.5, 0.6) is 0 Å². The van der Waals surface area contributed by atoms with Crippen molar-refractivity contribution in [2.75, 3.05) is 0 Å². The predicted molar refractivity (Wildman–Crippen MR) is 87.5 cm³/mol. The Morgan fingerprint density at radius 2 is 1.91 bits per heavy atom. The van der Waals surface area contributed by atoms with Gasteiger partial charge in [0.05, 0.1) is 17.5 Å². The number of benzene rings is 2. The number of fused-ring (bicyclic) bond motifs is 1. The highest BCUT2D eigenvalue weighted by Gasteiger charge is 2.28. The van der Waals surface area contributed by atoms with Gasteiger partial charge in [0.25, 0.3) is 0 Å². The molecule has 6 heteroatoms. The number of hydrogen-bond acceptors (Lipinski definition) is 1. The summed E-state index contributed by atoms with van der Waals surface area (Å²) < 4.78 is 38.1. The molecule has 0 saturated carbocycles. The third kappa shape index (κ3) is 3.58. The molecule has 0 radical (unpaired) electrons. The molecular formula is C17H14BrF3N2. The Labute approximate surface area is 139 Å². The van der Waals surface area contributed by atoms with Crippen molar-refractivity contribution < 1.29 is 13.2 Å². The van der Waals surface area contributed by atoms with Gasteiger partial charge in [0.1, 0.15) is 5.82 Å². The lowest BCUT2D eigenvalue weighted by molar-refractivity contribution is -0.127. The smallest absolute Gasteiger partial charge is 0.341 e. The van der Waals surface area contributed by atoms with E-state index < -0.39 is 12.6 Å². The van der Waals surface area contributed by atoms with Crippen molar-refractivity contribution in [2.45, 2.75) is 25.4 Å². The lowest BCUT2D eigenvalue weighted by Crippen LogP contribution is -2.12. The minimum Gasteiger partial charge on any atom is -0.341 e. The molecule has 2 nitrogen and oxygen atoms in total. The molecule has 1 N–H and O–H groups in total. The van der Waals surface area contributed by atoms with Gasteiger partial charge in [0.15, 0.2) is 0 Å². The maximum Gasteiger partial charge on any atom is 0.393 e. The Kier molecular flexibility index (Phi) is 4.19. The Hall–Kier alpha value is -1.82. The number of nitrogens with zero attached hydrogens (tertiary/aromatic N) is 1. The average molecular weight is 383 g/mol. The van der Waals surface area contributed by atoms with E-state index in [4.69, 9.17) is 0 Å². The number of para-hydroxylation sites is 2. The fourth-order valence-electron chi connectivity index (χ4n) is 2.53. The van der Waals surface area contributed by atoms with E-state index in [9.17, 15) is 13.2 Å². The second-order valence-corrected chi connectivity index (χ2v) is 6.36. The third-order valence-electron chi connectivity index (χ3n) is 3.79. The first-order valence-corrected chi connectivity index (χ1v) is 7.92. The molecule has 0 spiro atoms. The van der Waals surface area contributed by atoms with Gasteiger partial charge in [-0.15, -0.1) is 0 Å². The molecular weight excluding hydrogens is 369 g/mol. The van der Waals surface area contributed by atoms with Crippen LogP contribution in [0.1, 0.15) is 29.8 Å². The fraction of sp³-hybridized carbons (Fsp3) is 0.235. The molecule has 0 saturated heterocycles. The van der Waals surface area contributed by atoms with Gasteiger partial charge in [-0.2, -0.15) is 13.2 Å². The van der Waals surface area contributed by atoms with Gasteiger partial charge < -0.3 is 4.98 Å². The zero-order valence-corrected chi connectivity index (χ0v) is 13.9. The van der Waals surface area contributed by atoms with E-state index in [2.05, 4.69) is 25.9 Å². The van der Waals surface area contributed by atoms with E-state index in [1.807, 2.05) is 31.2 Å². The quantitative estimate of drug-likeness (QED) is 0.628. The molecule has 1 atom stereocenters. The SMILES string of the molecule is CC(c1ccc(CC(F)(F)F)c(Br)c1)c1nc2ccccc2[nH]1. The maximum absolute atomic E-state index is 12.5. The number of hydrogen-bond donors (Lipinski definition) is 1. The topological polar surface area (TPSA) is 28.7 Å². The lowest BCUT2D eigenvalue weighted by Gasteiger charge is -2.13. The summed E-state index contributed by atoms with van der Waals surface area (Å²) in [7, 11) is 0. The van der Waals surface area contributed by atoms with Gasteiger partial charge in [0, 0.05) is 10.4 Å². The van der Waals surface area contributed by atoms with Gasteiger partial charge in [-0.25, -0.2) is 4.98 Å². The molecule has 3 rings (SSSR count). The summed E-state index contributed by atoms with van der Waals surface area (Å²) in [4.78, 5) is 7.81. The van der Waals surface area contributed by atoms with Crippen LogP contribution in [0.4, 0.5) is 13.2 Å². The van der Waals surface area contributed by atoms with E-state index in [0.29, 0.717) is 4.47 Å². The highest BCUT2D eigenvalue weighted by molar-refractivity contribution is 9.10. The first kappa shape index (κ1) is 16.1. The first-order chi connectivity index (χ1) is 10.8. The number of rotatable bonds is 3. The molecule has 3 aromatic rings. The number of nitrogens with one attached hydrogen (secondary N) is 1. The average Bonchev–Trinajstić information content (AvgIpc) is 2.91. The van der Waals surface area contributed by atoms with E-state index in [1.165, 1.54) is 6.07 Å². The number of imidazole rings is 1. The van der Waals surface area contributed by atoms with Crippen molar-refractivity contribution in [1.29, 1.82) is 0 Å². The van der Waals surface area contributed by atoms with Crippen molar-refractivity contribution in [2.24, 2.45) is 0 Å². The van der Waals surface area contributed by atoms with Crippen LogP contribution >= 0.6 is 15.9 Å². The molecule has 1 heterocycles. The first-order valence-electron chi connectivity index (χ1n) is 7.13. The summed E-state index contributed by atoms with van der Waals surface area (Å²) >= 11 is 3.24. The zero-order valence-electron chi connectivity index (χ0n) is 12.3. The molecule has 0 amide bonds. The molecule has 2 aromatic carbocycles. The van der Waals surface area contributed by atoms with Crippen molar-refractivity contribution in [3.63, 3.8) is 0 Å². The number of H-pyrrole nitrogens is 1. The maximum atomic E-state index is 12.5. The number of aromatic amines is 1. The summed E-state index contributed by atoms with van der Waals surface area (Å²) in [6, 6.07) is 12.7. The summed E-state index contributed by atoms with van der Waals surface area (Å²) in [6.07, 6.45) is -5.15. The highest BCUT2D eigenvalue weighted by Crippen LogP contribution is 2.31. The van der Waals surface area contributed by atoms with Gasteiger partial charge in [-0.1, -0.05) is 47.1 Å². The van der Waals surface area contributed by atoms with Crippen LogP contribution in [0, 0.1) is 0 Å². The largest absolute Gasteiger partial charge is 0.393 e. The second kappa shape index (κ2) is 6.00. The van der Waals surface area contributed by atoms with E-state index in [0.717, 1.165) is 22.4 Å². The Morgan fingerprint density at radius 3 is 2.57 bits per heavy atom.